The van der Waals surface area contributed by atoms with Crippen molar-refractivity contribution in [3.63, 3.8) is 0 Å². The lowest BCUT2D eigenvalue weighted by atomic mass is 10.2. The summed E-state index contributed by atoms with van der Waals surface area (Å²) in [5.74, 6) is -2.06. The Morgan fingerprint density at radius 1 is 1.17 bits per heavy atom. The first-order valence-corrected chi connectivity index (χ1v) is 8.42. The molecule has 0 aliphatic carbocycles. The highest BCUT2D eigenvalue weighted by Gasteiger charge is 2.41. The molecule has 1 saturated heterocycles. The van der Waals surface area contributed by atoms with Crippen LogP contribution < -0.4 is 4.74 Å². The minimum atomic E-state index is -4.25. The van der Waals surface area contributed by atoms with Gasteiger partial charge in [0.25, 0.3) is 0 Å². The molecule has 0 saturated carbocycles. The van der Waals surface area contributed by atoms with E-state index in [-0.39, 0.29) is 19.0 Å². The van der Waals surface area contributed by atoms with E-state index in [2.05, 4.69) is 4.98 Å². The predicted molar refractivity (Wildman–Crippen MR) is 78.8 cm³/mol. The summed E-state index contributed by atoms with van der Waals surface area (Å²) in [4.78, 5) is 2.98. The summed E-state index contributed by atoms with van der Waals surface area (Å²) in [6.45, 7) is -0.0774. The maximum absolute atomic E-state index is 13.7. The van der Waals surface area contributed by atoms with E-state index >= 15 is 0 Å². The van der Waals surface area contributed by atoms with Gasteiger partial charge in [0.15, 0.2) is 4.90 Å². The van der Waals surface area contributed by atoms with Crippen LogP contribution >= 0.6 is 11.6 Å². The van der Waals surface area contributed by atoms with Gasteiger partial charge in [-0.05, 0) is 24.3 Å². The first-order chi connectivity index (χ1) is 10.9. The van der Waals surface area contributed by atoms with Crippen molar-refractivity contribution in [2.75, 3.05) is 13.1 Å². The van der Waals surface area contributed by atoms with E-state index in [0.717, 1.165) is 22.5 Å². The predicted octanol–water partition coefficient (Wildman–Crippen LogP) is 2.47. The highest BCUT2D eigenvalue weighted by atomic mass is 35.5. The Morgan fingerprint density at radius 3 is 2.43 bits per heavy atom. The molecule has 0 amide bonds. The average molecular weight is 361 g/mol. The quantitative estimate of drug-likeness (QED) is 0.840. The molecule has 0 atom stereocenters. The van der Waals surface area contributed by atoms with E-state index in [0.29, 0.717) is 5.02 Å². The topological polar surface area (TPSA) is 59.5 Å². The lowest BCUT2D eigenvalue weighted by molar-refractivity contribution is 0.0718. The Hall–Kier alpha value is -1.77. The number of halogens is 3. The second kappa shape index (κ2) is 6.03. The van der Waals surface area contributed by atoms with Crippen LogP contribution in [0.3, 0.4) is 0 Å². The maximum Gasteiger partial charge on any atom is 0.249 e. The number of nitrogens with zero attached hydrogens (tertiary/aromatic N) is 2. The van der Waals surface area contributed by atoms with Gasteiger partial charge in [-0.2, -0.15) is 4.31 Å². The zero-order valence-corrected chi connectivity index (χ0v) is 13.2. The number of rotatable bonds is 4. The second-order valence-corrected chi connectivity index (χ2v) is 7.19. The van der Waals surface area contributed by atoms with Crippen LogP contribution in [0, 0.1) is 11.6 Å². The summed E-state index contributed by atoms with van der Waals surface area (Å²) < 4.78 is 58.3. The smallest absolute Gasteiger partial charge is 0.249 e. The van der Waals surface area contributed by atoms with Crippen LogP contribution in [-0.2, 0) is 10.0 Å². The SMILES string of the molecule is O=S(=O)(c1c(F)cccc1F)N1CC(Oc2ncccc2Cl)C1. The Kier molecular flexibility index (Phi) is 4.22. The summed E-state index contributed by atoms with van der Waals surface area (Å²) in [5.41, 5.74) is 0. The number of benzene rings is 1. The van der Waals surface area contributed by atoms with Crippen LogP contribution in [0.4, 0.5) is 8.78 Å². The number of ether oxygens (including phenoxy) is 1. The fourth-order valence-electron chi connectivity index (χ4n) is 2.15. The highest BCUT2D eigenvalue weighted by molar-refractivity contribution is 7.89. The molecule has 1 aromatic carbocycles. The summed E-state index contributed by atoms with van der Waals surface area (Å²) in [6, 6.07) is 6.13. The number of hydrogen-bond acceptors (Lipinski definition) is 4. The van der Waals surface area contributed by atoms with Gasteiger partial charge in [0.05, 0.1) is 13.1 Å². The van der Waals surface area contributed by atoms with Crippen molar-refractivity contribution < 1.29 is 21.9 Å². The molecular formula is C14H11ClF2N2O3S. The van der Waals surface area contributed by atoms with Crippen molar-refractivity contribution in [3.8, 4) is 5.88 Å². The average Bonchev–Trinajstić information content (AvgIpc) is 2.43. The van der Waals surface area contributed by atoms with E-state index in [9.17, 15) is 17.2 Å². The molecule has 3 rings (SSSR count). The zero-order valence-electron chi connectivity index (χ0n) is 11.6. The van der Waals surface area contributed by atoms with Crippen LogP contribution in [0.2, 0.25) is 5.02 Å². The van der Waals surface area contributed by atoms with Gasteiger partial charge in [0, 0.05) is 6.20 Å². The Labute approximate surface area is 136 Å². The molecular weight excluding hydrogens is 350 g/mol. The number of pyridine rings is 1. The van der Waals surface area contributed by atoms with Crippen molar-refractivity contribution in [3.05, 3.63) is 53.2 Å². The standard InChI is InChI=1S/C14H11ClF2N2O3S/c15-10-3-2-6-18-14(10)22-9-7-19(8-9)23(20,21)13-11(16)4-1-5-12(13)17/h1-6,9H,7-8H2. The Bertz CT molecular complexity index is 821. The molecule has 2 heterocycles. The first kappa shape index (κ1) is 16.1. The van der Waals surface area contributed by atoms with Gasteiger partial charge >= 0.3 is 0 Å². The Balaban J connectivity index is 1.73. The summed E-state index contributed by atoms with van der Waals surface area (Å²) in [7, 11) is -4.25. The maximum atomic E-state index is 13.7. The molecule has 122 valence electrons. The fraction of sp³-hybridized carbons (Fsp3) is 0.214. The number of sulfonamides is 1. The van der Waals surface area contributed by atoms with Crippen LogP contribution in [-0.4, -0.2) is 36.9 Å². The van der Waals surface area contributed by atoms with Crippen molar-refractivity contribution in [2.45, 2.75) is 11.0 Å². The molecule has 1 fully saturated rings. The molecule has 23 heavy (non-hydrogen) atoms. The minimum absolute atomic E-state index is 0.0387. The summed E-state index contributed by atoms with van der Waals surface area (Å²) >= 11 is 5.89. The van der Waals surface area contributed by atoms with Crippen molar-refractivity contribution in [1.82, 2.24) is 9.29 Å². The molecule has 9 heteroatoms. The number of hydrogen-bond donors (Lipinski definition) is 0. The molecule has 1 aromatic heterocycles. The van der Waals surface area contributed by atoms with Gasteiger partial charge < -0.3 is 4.74 Å². The van der Waals surface area contributed by atoms with E-state index in [4.69, 9.17) is 16.3 Å². The molecule has 0 spiro atoms. The van der Waals surface area contributed by atoms with Gasteiger partial charge in [0.1, 0.15) is 22.8 Å². The highest BCUT2D eigenvalue weighted by Crippen LogP contribution is 2.29. The molecule has 0 N–H and O–H groups in total. The number of aromatic nitrogens is 1. The van der Waals surface area contributed by atoms with E-state index < -0.39 is 32.7 Å². The summed E-state index contributed by atoms with van der Waals surface area (Å²) in [6.07, 6.45) is 1.01. The van der Waals surface area contributed by atoms with Gasteiger partial charge in [-0.1, -0.05) is 17.7 Å². The van der Waals surface area contributed by atoms with Gasteiger partial charge in [0.2, 0.25) is 15.9 Å². The van der Waals surface area contributed by atoms with E-state index in [1.165, 1.54) is 6.20 Å². The van der Waals surface area contributed by atoms with Crippen LogP contribution in [0.5, 0.6) is 5.88 Å². The molecule has 0 bridgehead atoms. The third kappa shape index (κ3) is 3.01. The summed E-state index contributed by atoms with van der Waals surface area (Å²) in [5, 5.41) is 0.300. The van der Waals surface area contributed by atoms with Crippen LogP contribution in [0.1, 0.15) is 0 Å². The largest absolute Gasteiger partial charge is 0.470 e. The van der Waals surface area contributed by atoms with Crippen molar-refractivity contribution >= 4 is 21.6 Å². The molecule has 1 aliphatic rings. The van der Waals surface area contributed by atoms with Crippen LogP contribution in [0.15, 0.2) is 41.4 Å². The molecule has 1 aliphatic heterocycles. The van der Waals surface area contributed by atoms with E-state index in [1.54, 1.807) is 12.1 Å². The van der Waals surface area contributed by atoms with E-state index in [1.807, 2.05) is 0 Å². The fourth-order valence-corrected chi connectivity index (χ4v) is 3.92. The molecule has 0 radical (unpaired) electrons. The Morgan fingerprint density at radius 2 is 1.83 bits per heavy atom. The van der Waals surface area contributed by atoms with Crippen molar-refractivity contribution in [1.29, 1.82) is 0 Å². The molecule has 2 aromatic rings. The lowest BCUT2D eigenvalue weighted by Gasteiger charge is -2.37. The normalized spacial score (nSPS) is 16.1. The van der Waals surface area contributed by atoms with Gasteiger partial charge in [-0.15, -0.1) is 0 Å². The lowest BCUT2D eigenvalue weighted by Crippen LogP contribution is -2.56. The molecule has 5 nitrogen and oxygen atoms in total. The van der Waals surface area contributed by atoms with Crippen molar-refractivity contribution in [2.24, 2.45) is 0 Å². The molecule has 0 unspecified atom stereocenters. The first-order valence-electron chi connectivity index (χ1n) is 6.61. The van der Waals surface area contributed by atoms with Crippen LogP contribution in [0.25, 0.3) is 0 Å². The minimum Gasteiger partial charge on any atom is -0.470 e. The second-order valence-electron chi connectivity index (χ2n) is 4.90. The monoisotopic (exact) mass is 360 g/mol. The van der Waals surface area contributed by atoms with Gasteiger partial charge in [-0.3, -0.25) is 0 Å². The van der Waals surface area contributed by atoms with Gasteiger partial charge in [-0.25, -0.2) is 22.2 Å². The third-order valence-corrected chi connectivity index (χ3v) is 5.51. The third-order valence-electron chi connectivity index (χ3n) is 3.33. The zero-order chi connectivity index (χ0) is 16.6.